The molecule has 0 saturated carbocycles. The number of rotatable bonds is 9. The summed E-state index contributed by atoms with van der Waals surface area (Å²) in [5.74, 6) is 2.43. The van der Waals surface area contributed by atoms with Gasteiger partial charge < -0.3 is 14.8 Å². The summed E-state index contributed by atoms with van der Waals surface area (Å²) in [4.78, 5) is 26.7. The molecular weight excluding hydrogens is 352 g/mol. The number of hydrogen-bond donors (Lipinski definition) is 1. The molecule has 0 aliphatic heterocycles. The third-order valence-electron chi connectivity index (χ3n) is 3.41. The first-order valence-electron chi connectivity index (χ1n) is 8.33. The average molecular weight is 374 g/mol. The number of aromatic nitrogens is 1. The van der Waals surface area contributed by atoms with Crippen molar-refractivity contribution < 1.29 is 19.1 Å². The van der Waals surface area contributed by atoms with Crippen LogP contribution in [0, 0.1) is 5.92 Å². The van der Waals surface area contributed by atoms with Crippen molar-refractivity contribution in [3.05, 3.63) is 52.4 Å². The molecule has 2 rings (SSSR count). The van der Waals surface area contributed by atoms with E-state index < -0.39 is 6.09 Å². The molecule has 2 aromatic rings. The second-order valence-electron chi connectivity index (χ2n) is 6.05. The van der Waals surface area contributed by atoms with Crippen molar-refractivity contribution >= 4 is 23.4 Å². The second kappa shape index (κ2) is 10.4. The number of nitrogens with zero attached hydrogens (tertiary/aromatic N) is 1. The molecule has 1 aromatic heterocycles. The normalized spacial score (nSPS) is 11.5. The molecule has 26 heavy (non-hydrogen) atoms. The lowest BCUT2D eigenvalue weighted by Crippen LogP contribution is -2.30. The minimum atomic E-state index is -0.485. The average Bonchev–Trinajstić information content (AvgIpc) is 3.09. The molecule has 0 bridgehead atoms. The molecule has 0 saturated heterocycles. The number of carbonyl (C=O) groups is 1. The van der Waals surface area contributed by atoms with E-state index >= 15 is 0 Å². The van der Waals surface area contributed by atoms with Crippen molar-refractivity contribution in [2.24, 2.45) is 5.92 Å². The molecule has 138 valence electrons. The van der Waals surface area contributed by atoms with Gasteiger partial charge in [-0.25, -0.2) is 14.6 Å². The molecule has 0 spiro atoms. The van der Waals surface area contributed by atoms with Crippen molar-refractivity contribution in [3.63, 3.8) is 0 Å². The Balaban J connectivity index is 1.95. The van der Waals surface area contributed by atoms with Crippen LogP contribution in [-0.2, 0) is 16.1 Å². The lowest BCUT2D eigenvalue weighted by atomic mass is 10.0. The maximum atomic E-state index is 12.2. The highest BCUT2D eigenvalue weighted by Crippen LogP contribution is 2.27. The molecule has 1 aromatic carbocycles. The van der Waals surface area contributed by atoms with E-state index in [1.807, 2.05) is 30.3 Å². The summed E-state index contributed by atoms with van der Waals surface area (Å²) in [6.45, 7) is 4.48. The van der Waals surface area contributed by atoms with Gasteiger partial charge in [0.2, 0.25) is 5.88 Å². The van der Waals surface area contributed by atoms with E-state index in [4.69, 9.17) is 9.47 Å². The Morgan fingerprint density at radius 1 is 1.35 bits per heavy atom. The Morgan fingerprint density at radius 2 is 2.12 bits per heavy atom. The van der Waals surface area contributed by atoms with Crippen molar-refractivity contribution in [2.75, 3.05) is 6.61 Å². The Morgan fingerprint density at radius 3 is 2.81 bits per heavy atom. The number of amides is 1. The Bertz CT molecular complexity index is 739. The summed E-state index contributed by atoms with van der Waals surface area (Å²) in [7, 11) is 0. The number of carbonyl (C=O) groups excluding carboxylic acids is 2. The fraction of sp³-hybridized carbons (Fsp3) is 0.368. The number of alkyl carbamates (subject to hydrolysis) is 1. The van der Waals surface area contributed by atoms with Crippen LogP contribution in [0.3, 0.4) is 0 Å². The van der Waals surface area contributed by atoms with Crippen molar-refractivity contribution in [3.8, 4) is 5.88 Å². The van der Waals surface area contributed by atoms with Crippen LogP contribution in [0.5, 0.6) is 5.88 Å². The van der Waals surface area contributed by atoms with E-state index in [1.165, 1.54) is 17.4 Å². The highest BCUT2D eigenvalue weighted by Gasteiger charge is 2.20. The number of nitrogens with one attached hydrogen (secondary N) is 1. The van der Waals surface area contributed by atoms with Gasteiger partial charge in [0.25, 0.3) is 0 Å². The monoisotopic (exact) mass is 374 g/mol. The van der Waals surface area contributed by atoms with Gasteiger partial charge in [-0.2, -0.15) is 0 Å². The Labute approximate surface area is 156 Å². The van der Waals surface area contributed by atoms with Gasteiger partial charge in [0.05, 0.1) is 11.4 Å². The molecule has 0 fully saturated rings. The van der Waals surface area contributed by atoms with Crippen LogP contribution in [0.2, 0.25) is 0 Å². The lowest BCUT2D eigenvalue weighted by Gasteiger charge is -2.18. The standard InChI is InChI=1S/C19H22N2O4S/c1-14(2)11-16(18-21-17(13-26-18)24-10-6-9-22)20-19(23)25-12-15-7-4-3-5-8-15/h3-8,13-14,16H,10-12H2,1-2H3,(H,20,23)/t16-/m0/s1. The summed E-state index contributed by atoms with van der Waals surface area (Å²) in [5, 5.41) is 5.36. The van der Waals surface area contributed by atoms with Crippen LogP contribution >= 0.6 is 11.3 Å². The summed E-state index contributed by atoms with van der Waals surface area (Å²) >= 11 is 1.40. The maximum absolute atomic E-state index is 12.2. The second-order valence-corrected chi connectivity index (χ2v) is 6.93. The van der Waals surface area contributed by atoms with Gasteiger partial charge in [0, 0.05) is 6.08 Å². The van der Waals surface area contributed by atoms with Crippen LogP contribution in [0.25, 0.3) is 0 Å². The highest BCUT2D eigenvalue weighted by atomic mass is 32.1. The largest absolute Gasteiger partial charge is 0.472 e. The zero-order valence-corrected chi connectivity index (χ0v) is 15.6. The first-order valence-corrected chi connectivity index (χ1v) is 9.21. The van der Waals surface area contributed by atoms with Crippen LogP contribution in [0.4, 0.5) is 4.79 Å². The first-order chi connectivity index (χ1) is 12.6. The van der Waals surface area contributed by atoms with Crippen LogP contribution in [0.15, 0.2) is 41.8 Å². The highest BCUT2D eigenvalue weighted by molar-refractivity contribution is 7.09. The zero-order chi connectivity index (χ0) is 18.8. The first kappa shape index (κ1) is 19.7. The third kappa shape index (κ3) is 6.70. The van der Waals surface area contributed by atoms with Gasteiger partial charge in [0.1, 0.15) is 24.2 Å². The summed E-state index contributed by atoms with van der Waals surface area (Å²) < 4.78 is 10.6. The van der Waals surface area contributed by atoms with Gasteiger partial charge in [0.15, 0.2) is 0 Å². The van der Waals surface area contributed by atoms with E-state index in [-0.39, 0.29) is 19.3 Å². The third-order valence-corrected chi connectivity index (χ3v) is 4.35. The molecule has 1 N–H and O–H groups in total. The predicted molar refractivity (Wildman–Crippen MR) is 99.8 cm³/mol. The van der Waals surface area contributed by atoms with Crippen molar-refractivity contribution in [1.82, 2.24) is 10.3 Å². The maximum Gasteiger partial charge on any atom is 0.408 e. The van der Waals surface area contributed by atoms with Crippen LogP contribution in [-0.4, -0.2) is 23.6 Å². The lowest BCUT2D eigenvalue weighted by molar-refractivity contribution is 0.134. The number of thiazole rings is 1. The molecule has 0 radical (unpaired) electrons. The van der Waals surface area contributed by atoms with E-state index in [1.54, 1.807) is 11.3 Å². The number of benzene rings is 1. The molecule has 1 atom stereocenters. The van der Waals surface area contributed by atoms with Gasteiger partial charge in [-0.05, 0) is 17.9 Å². The predicted octanol–water partition coefficient (Wildman–Crippen LogP) is 3.92. The van der Waals surface area contributed by atoms with Gasteiger partial charge in [-0.15, -0.1) is 11.3 Å². The Hall–Kier alpha value is -2.63. The molecule has 0 aliphatic rings. The summed E-state index contributed by atoms with van der Waals surface area (Å²) in [6.07, 6.45) is 1.48. The van der Waals surface area contributed by atoms with Gasteiger partial charge in [-0.3, -0.25) is 0 Å². The van der Waals surface area contributed by atoms with Crippen molar-refractivity contribution in [2.45, 2.75) is 32.9 Å². The fourth-order valence-corrected chi connectivity index (χ4v) is 3.06. The number of hydrogen-bond acceptors (Lipinski definition) is 6. The Kier molecular flexibility index (Phi) is 7.86. The summed E-state index contributed by atoms with van der Waals surface area (Å²) in [6, 6.07) is 9.25. The van der Waals surface area contributed by atoms with Gasteiger partial charge in [-0.1, -0.05) is 44.2 Å². The molecule has 1 amide bonds. The molecule has 0 unspecified atom stereocenters. The molecule has 0 aliphatic carbocycles. The molecule has 6 nitrogen and oxygen atoms in total. The van der Waals surface area contributed by atoms with E-state index in [0.717, 1.165) is 17.0 Å². The quantitative estimate of drug-likeness (QED) is 0.673. The van der Waals surface area contributed by atoms with E-state index in [2.05, 4.69) is 24.1 Å². The van der Waals surface area contributed by atoms with E-state index in [9.17, 15) is 9.59 Å². The smallest absolute Gasteiger partial charge is 0.408 e. The van der Waals surface area contributed by atoms with Crippen LogP contribution in [0.1, 0.15) is 36.9 Å². The minimum absolute atomic E-state index is 0.119. The molecule has 1 heterocycles. The number of ether oxygens (including phenoxy) is 2. The topological polar surface area (TPSA) is 77.5 Å². The SMILES string of the molecule is CC(C)C[C@H](NC(=O)OCc1ccccc1)c1nc(OCC=C=O)cs1. The van der Waals surface area contributed by atoms with Gasteiger partial charge >= 0.3 is 6.09 Å². The minimum Gasteiger partial charge on any atom is -0.472 e. The van der Waals surface area contributed by atoms with Crippen molar-refractivity contribution in [1.29, 1.82) is 0 Å². The fourth-order valence-electron chi connectivity index (χ4n) is 2.26. The summed E-state index contributed by atoms with van der Waals surface area (Å²) in [5.41, 5.74) is 0.927. The zero-order valence-electron chi connectivity index (χ0n) is 14.8. The molecule has 7 heteroatoms. The van der Waals surface area contributed by atoms with E-state index in [0.29, 0.717) is 11.8 Å². The molecular formula is C19H22N2O4S. The van der Waals surface area contributed by atoms with Crippen LogP contribution < -0.4 is 10.1 Å².